The maximum atomic E-state index is 12.0. The smallest absolute Gasteiger partial charge is 0.360 e. The zero-order valence-electron chi connectivity index (χ0n) is 13.1. The Bertz CT molecular complexity index is 644. The van der Waals surface area contributed by atoms with E-state index < -0.39 is 42.4 Å². The number of ether oxygens (including phenoxy) is 4. The van der Waals surface area contributed by atoms with Gasteiger partial charge in [0.1, 0.15) is 18.2 Å². The van der Waals surface area contributed by atoms with Crippen molar-refractivity contribution in [1.82, 2.24) is 15.0 Å². The van der Waals surface area contributed by atoms with E-state index in [2.05, 4.69) is 10.3 Å². The summed E-state index contributed by atoms with van der Waals surface area (Å²) < 4.78 is 24.0. The Balaban J connectivity index is 1.71. The quantitative estimate of drug-likeness (QED) is 0.745. The molecule has 9 nitrogen and oxygen atoms in total. The fourth-order valence-electron chi connectivity index (χ4n) is 3.53. The minimum Gasteiger partial charge on any atom is -0.461 e. The van der Waals surface area contributed by atoms with Crippen molar-refractivity contribution in [2.75, 3.05) is 6.61 Å². The zero-order valence-corrected chi connectivity index (χ0v) is 13.1. The molecule has 3 aliphatic rings. The van der Waals surface area contributed by atoms with Crippen LogP contribution in [-0.4, -0.2) is 63.1 Å². The molecule has 23 heavy (non-hydrogen) atoms. The standard InChI is InChI=1S/C14H19N3O6/c1-4-20-12(19)8-6-5-7(18)10-9(17(6)16-15-8)11-13(21-10)23-14(2,3)22-11/h7,9-11,13,18H,4-5H2,1-3H3/t7-,9-,10-,11-,13+/m0/s1. The van der Waals surface area contributed by atoms with E-state index in [0.29, 0.717) is 5.69 Å². The van der Waals surface area contributed by atoms with Gasteiger partial charge in [-0.15, -0.1) is 5.10 Å². The van der Waals surface area contributed by atoms with Crippen molar-refractivity contribution in [2.24, 2.45) is 0 Å². The van der Waals surface area contributed by atoms with Gasteiger partial charge in [-0.3, -0.25) is 0 Å². The van der Waals surface area contributed by atoms with Crippen LogP contribution in [0.1, 0.15) is 43.0 Å². The summed E-state index contributed by atoms with van der Waals surface area (Å²) in [6.45, 7) is 5.57. The zero-order chi connectivity index (χ0) is 16.4. The topological polar surface area (TPSA) is 105 Å². The Kier molecular flexibility index (Phi) is 3.24. The summed E-state index contributed by atoms with van der Waals surface area (Å²) in [5.74, 6) is -1.31. The van der Waals surface area contributed by atoms with E-state index in [1.54, 1.807) is 25.5 Å². The molecule has 126 valence electrons. The van der Waals surface area contributed by atoms with Crippen molar-refractivity contribution in [2.45, 2.75) is 63.6 Å². The Morgan fingerprint density at radius 3 is 2.96 bits per heavy atom. The number of aromatic nitrogens is 3. The summed E-state index contributed by atoms with van der Waals surface area (Å²) in [5.41, 5.74) is 0.667. The SMILES string of the molecule is CCOC(=O)c1nnn2c1C[C@H](O)[C@@H]1O[C@@H]3OC(C)(C)O[C@H]3[C@H]12. The Morgan fingerprint density at radius 1 is 1.43 bits per heavy atom. The lowest BCUT2D eigenvalue weighted by atomic mass is 9.94. The Morgan fingerprint density at radius 2 is 2.22 bits per heavy atom. The maximum Gasteiger partial charge on any atom is 0.360 e. The van der Waals surface area contributed by atoms with Gasteiger partial charge in [0.25, 0.3) is 0 Å². The maximum absolute atomic E-state index is 12.0. The number of hydrogen-bond donors (Lipinski definition) is 1. The fourth-order valence-corrected chi connectivity index (χ4v) is 3.53. The van der Waals surface area contributed by atoms with Crippen molar-refractivity contribution in [3.05, 3.63) is 11.4 Å². The highest BCUT2D eigenvalue weighted by molar-refractivity contribution is 5.88. The van der Waals surface area contributed by atoms with E-state index in [4.69, 9.17) is 18.9 Å². The largest absolute Gasteiger partial charge is 0.461 e. The van der Waals surface area contributed by atoms with Crippen molar-refractivity contribution in [3.8, 4) is 0 Å². The van der Waals surface area contributed by atoms with E-state index in [-0.39, 0.29) is 18.7 Å². The van der Waals surface area contributed by atoms with Gasteiger partial charge in [-0.05, 0) is 20.8 Å². The third-order valence-corrected chi connectivity index (χ3v) is 4.38. The van der Waals surface area contributed by atoms with Gasteiger partial charge in [0.2, 0.25) is 0 Å². The number of esters is 1. The van der Waals surface area contributed by atoms with Crippen molar-refractivity contribution in [3.63, 3.8) is 0 Å². The van der Waals surface area contributed by atoms with E-state index in [1.165, 1.54) is 0 Å². The van der Waals surface area contributed by atoms with Crippen molar-refractivity contribution in [1.29, 1.82) is 0 Å². The van der Waals surface area contributed by atoms with Gasteiger partial charge in [-0.2, -0.15) is 0 Å². The molecule has 0 amide bonds. The molecule has 4 rings (SSSR count). The summed E-state index contributed by atoms with van der Waals surface area (Å²) in [5, 5.41) is 18.4. The lowest BCUT2D eigenvalue weighted by Gasteiger charge is -2.33. The van der Waals surface area contributed by atoms with Crippen molar-refractivity contribution >= 4 is 5.97 Å². The molecule has 1 aromatic rings. The summed E-state index contributed by atoms with van der Waals surface area (Å²) in [6, 6.07) is -0.392. The van der Waals surface area contributed by atoms with E-state index in [1.807, 2.05) is 0 Å². The number of carbonyl (C=O) groups is 1. The molecule has 1 N–H and O–H groups in total. The third kappa shape index (κ3) is 2.18. The van der Waals surface area contributed by atoms with Crippen LogP contribution in [0, 0.1) is 0 Å². The first-order valence-electron chi connectivity index (χ1n) is 7.71. The van der Waals surface area contributed by atoms with Gasteiger partial charge in [0.15, 0.2) is 17.8 Å². The van der Waals surface area contributed by atoms with Crippen LogP contribution in [0.4, 0.5) is 0 Å². The molecule has 4 heterocycles. The molecule has 1 aromatic heterocycles. The normalized spacial score (nSPS) is 37.1. The van der Waals surface area contributed by atoms with Gasteiger partial charge in [-0.25, -0.2) is 9.48 Å². The second kappa shape index (κ2) is 4.97. The highest BCUT2D eigenvalue weighted by Crippen LogP contribution is 2.46. The molecule has 0 spiro atoms. The summed E-state index contributed by atoms with van der Waals surface area (Å²) in [7, 11) is 0. The first-order valence-corrected chi connectivity index (χ1v) is 7.71. The molecule has 9 heteroatoms. The molecule has 5 atom stereocenters. The van der Waals surface area contributed by atoms with Gasteiger partial charge < -0.3 is 24.1 Å². The minimum atomic E-state index is -0.792. The van der Waals surface area contributed by atoms with E-state index >= 15 is 0 Å². The van der Waals surface area contributed by atoms with Crippen LogP contribution < -0.4 is 0 Å². The second-order valence-electron chi connectivity index (χ2n) is 6.38. The summed E-state index contributed by atoms with van der Waals surface area (Å²) in [4.78, 5) is 12.0. The molecular formula is C14H19N3O6. The van der Waals surface area contributed by atoms with Crippen LogP contribution in [0.2, 0.25) is 0 Å². The first kappa shape index (κ1) is 15.0. The average Bonchev–Trinajstić information content (AvgIpc) is 3.09. The highest BCUT2D eigenvalue weighted by Gasteiger charge is 2.59. The van der Waals surface area contributed by atoms with Crippen LogP contribution >= 0.6 is 0 Å². The predicted molar refractivity (Wildman–Crippen MR) is 73.4 cm³/mol. The minimum absolute atomic E-state index is 0.131. The summed E-state index contributed by atoms with van der Waals surface area (Å²) >= 11 is 0. The molecule has 2 saturated heterocycles. The van der Waals surface area contributed by atoms with Crippen LogP contribution in [0.15, 0.2) is 0 Å². The molecular weight excluding hydrogens is 306 g/mol. The number of nitrogens with zero attached hydrogens (tertiary/aromatic N) is 3. The molecule has 3 aliphatic heterocycles. The number of aliphatic hydroxyl groups is 1. The highest BCUT2D eigenvalue weighted by atomic mass is 16.8. The predicted octanol–water partition coefficient (Wildman–Crippen LogP) is -0.211. The number of fused-ring (bicyclic) bond motifs is 5. The molecule has 0 bridgehead atoms. The molecule has 0 aromatic carbocycles. The lowest BCUT2D eigenvalue weighted by molar-refractivity contribution is -0.221. The van der Waals surface area contributed by atoms with Crippen LogP contribution in [0.5, 0.6) is 0 Å². The van der Waals surface area contributed by atoms with Gasteiger partial charge in [0.05, 0.1) is 18.4 Å². The number of carbonyl (C=O) groups excluding carboxylic acids is 1. The molecule has 0 unspecified atom stereocenters. The fraction of sp³-hybridized carbons (Fsp3) is 0.786. The molecule has 0 radical (unpaired) electrons. The van der Waals surface area contributed by atoms with Gasteiger partial charge >= 0.3 is 5.97 Å². The molecule has 0 saturated carbocycles. The average molecular weight is 325 g/mol. The Hall–Kier alpha value is -1.55. The van der Waals surface area contributed by atoms with Crippen LogP contribution in [-0.2, 0) is 25.4 Å². The molecule has 0 aliphatic carbocycles. The summed E-state index contributed by atoms with van der Waals surface area (Å²) in [6.07, 6.45) is -2.08. The third-order valence-electron chi connectivity index (χ3n) is 4.38. The number of rotatable bonds is 2. The van der Waals surface area contributed by atoms with Crippen LogP contribution in [0.25, 0.3) is 0 Å². The molecule has 2 fully saturated rings. The lowest BCUT2D eigenvalue weighted by Crippen LogP contribution is -2.44. The number of hydrogen-bond acceptors (Lipinski definition) is 8. The monoisotopic (exact) mass is 325 g/mol. The van der Waals surface area contributed by atoms with Crippen molar-refractivity contribution < 1.29 is 28.8 Å². The Labute approximate surface area is 132 Å². The van der Waals surface area contributed by atoms with Gasteiger partial charge in [-0.1, -0.05) is 5.21 Å². The van der Waals surface area contributed by atoms with E-state index in [9.17, 15) is 9.90 Å². The van der Waals surface area contributed by atoms with Crippen LogP contribution in [0.3, 0.4) is 0 Å². The van der Waals surface area contributed by atoms with E-state index in [0.717, 1.165) is 0 Å². The number of aliphatic hydroxyl groups excluding tert-OH is 1. The first-order chi connectivity index (χ1) is 10.9. The van der Waals surface area contributed by atoms with Gasteiger partial charge in [0, 0.05) is 6.42 Å². The second-order valence-corrected chi connectivity index (χ2v) is 6.38.